The van der Waals surface area contributed by atoms with Crippen molar-refractivity contribution in [2.75, 3.05) is 19.0 Å². The van der Waals surface area contributed by atoms with Crippen LogP contribution in [-0.4, -0.2) is 34.6 Å². The van der Waals surface area contributed by atoms with Crippen LogP contribution in [0.25, 0.3) is 0 Å². The number of amides is 1. The summed E-state index contributed by atoms with van der Waals surface area (Å²) in [5.74, 6) is 1.28. The van der Waals surface area contributed by atoms with Crippen molar-refractivity contribution in [3.63, 3.8) is 0 Å². The van der Waals surface area contributed by atoms with E-state index in [2.05, 4.69) is 20.3 Å². The summed E-state index contributed by atoms with van der Waals surface area (Å²) in [6.45, 7) is 3.96. The standard InChI is InChI=1S/C23H23FN4O3/c1-14-20(12-25-15(2)27-14)31-13-23(16-5-4-6-18(9-16)30-3)10-19(23)22(29)28-21-8-7-17(24)11-26-21/h4-9,11-12,19H,10,13H2,1-3H3,(H,26,28,29). The Hall–Kier alpha value is -3.55. The Balaban J connectivity index is 1.58. The smallest absolute Gasteiger partial charge is 0.229 e. The molecule has 1 N–H and O–H groups in total. The van der Waals surface area contributed by atoms with Gasteiger partial charge in [0.25, 0.3) is 0 Å². The fourth-order valence-corrected chi connectivity index (χ4v) is 3.73. The maximum atomic E-state index is 13.1. The summed E-state index contributed by atoms with van der Waals surface area (Å²) in [5, 5.41) is 2.77. The number of methoxy groups -OCH3 is 1. The second-order valence-corrected chi connectivity index (χ2v) is 7.65. The van der Waals surface area contributed by atoms with Gasteiger partial charge in [-0.2, -0.15) is 0 Å². The van der Waals surface area contributed by atoms with Crippen LogP contribution in [0.15, 0.2) is 48.8 Å². The molecule has 3 aromatic rings. The zero-order chi connectivity index (χ0) is 22.0. The molecule has 7 nitrogen and oxygen atoms in total. The molecule has 1 fully saturated rings. The molecular weight excluding hydrogens is 399 g/mol. The number of hydrogen-bond donors (Lipinski definition) is 1. The lowest BCUT2D eigenvalue weighted by molar-refractivity contribution is -0.117. The molecule has 0 bridgehead atoms. The largest absolute Gasteiger partial charge is 0.497 e. The molecular formula is C23H23FN4O3. The third-order valence-electron chi connectivity index (χ3n) is 5.56. The highest BCUT2D eigenvalue weighted by molar-refractivity contribution is 5.95. The minimum Gasteiger partial charge on any atom is -0.497 e. The Morgan fingerprint density at radius 3 is 2.77 bits per heavy atom. The summed E-state index contributed by atoms with van der Waals surface area (Å²) in [5.41, 5.74) is 1.16. The van der Waals surface area contributed by atoms with Gasteiger partial charge in [0.1, 0.15) is 23.2 Å². The van der Waals surface area contributed by atoms with Crippen LogP contribution in [0.1, 0.15) is 23.5 Å². The Morgan fingerprint density at radius 2 is 2.06 bits per heavy atom. The van der Waals surface area contributed by atoms with E-state index >= 15 is 0 Å². The van der Waals surface area contributed by atoms with Gasteiger partial charge in [0, 0.05) is 5.41 Å². The van der Waals surface area contributed by atoms with Crippen LogP contribution in [0.3, 0.4) is 0 Å². The molecule has 0 spiro atoms. The highest BCUT2D eigenvalue weighted by Crippen LogP contribution is 2.55. The number of nitrogens with zero attached hydrogens (tertiary/aromatic N) is 3. The molecule has 1 amide bonds. The number of carbonyl (C=O) groups is 1. The number of carbonyl (C=O) groups excluding carboxylic acids is 1. The normalized spacial score (nSPS) is 19.5. The quantitative estimate of drug-likeness (QED) is 0.626. The third kappa shape index (κ3) is 4.33. The van der Waals surface area contributed by atoms with Gasteiger partial charge in [0.05, 0.1) is 37.7 Å². The minimum atomic E-state index is -0.532. The average molecular weight is 422 g/mol. The van der Waals surface area contributed by atoms with Crippen LogP contribution in [0.4, 0.5) is 10.2 Å². The molecule has 1 aliphatic rings. The number of ether oxygens (including phenoxy) is 2. The topological polar surface area (TPSA) is 86.2 Å². The molecule has 160 valence electrons. The molecule has 1 aromatic carbocycles. The van der Waals surface area contributed by atoms with E-state index in [0.717, 1.165) is 17.5 Å². The van der Waals surface area contributed by atoms with E-state index in [1.54, 1.807) is 13.3 Å². The lowest BCUT2D eigenvalue weighted by Crippen LogP contribution is -2.27. The molecule has 0 saturated heterocycles. The fraction of sp³-hybridized carbons (Fsp3) is 0.304. The summed E-state index contributed by atoms with van der Waals surface area (Å²) in [6.07, 6.45) is 3.32. The molecule has 31 heavy (non-hydrogen) atoms. The molecule has 1 aliphatic carbocycles. The number of pyridine rings is 1. The summed E-state index contributed by atoms with van der Waals surface area (Å²) in [4.78, 5) is 25.4. The number of hydrogen-bond acceptors (Lipinski definition) is 6. The number of benzene rings is 1. The lowest BCUT2D eigenvalue weighted by atomic mass is 9.93. The second-order valence-electron chi connectivity index (χ2n) is 7.65. The highest BCUT2D eigenvalue weighted by atomic mass is 19.1. The molecule has 0 aliphatic heterocycles. The van der Waals surface area contributed by atoms with Crippen molar-refractivity contribution >= 4 is 11.7 Å². The minimum absolute atomic E-state index is 0.192. The molecule has 2 unspecified atom stereocenters. The van der Waals surface area contributed by atoms with Gasteiger partial charge in [0.15, 0.2) is 5.75 Å². The molecule has 2 heterocycles. The van der Waals surface area contributed by atoms with Crippen molar-refractivity contribution in [2.24, 2.45) is 5.92 Å². The van der Waals surface area contributed by atoms with Crippen molar-refractivity contribution in [3.8, 4) is 11.5 Å². The van der Waals surface area contributed by atoms with Crippen LogP contribution in [-0.2, 0) is 10.2 Å². The number of rotatable bonds is 7. The predicted octanol–water partition coefficient (Wildman–Crippen LogP) is 3.61. The lowest BCUT2D eigenvalue weighted by Gasteiger charge is -2.20. The van der Waals surface area contributed by atoms with Crippen LogP contribution in [0, 0.1) is 25.6 Å². The van der Waals surface area contributed by atoms with Gasteiger partial charge in [-0.25, -0.2) is 19.3 Å². The van der Waals surface area contributed by atoms with Gasteiger partial charge in [0.2, 0.25) is 5.91 Å². The maximum absolute atomic E-state index is 13.1. The predicted molar refractivity (Wildman–Crippen MR) is 113 cm³/mol. The number of halogens is 1. The van der Waals surface area contributed by atoms with E-state index in [1.807, 2.05) is 38.1 Å². The average Bonchev–Trinajstić information content (AvgIpc) is 3.51. The van der Waals surface area contributed by atoms with Crippen LogP contribution < -0.4 is 14.8 Å². The summed E-state index contributed by atoms with van der Waals surface area (Å²) in [6, 6.07) is 10.3. The van der Waals surface area contributed by atoms with Gasteiger partial charge in [-0.05, 0) is 50.1 Å². The molecule has 0 radical (unpaired) electrons. The van der Waals surface area contributed by atoms with Gasteiger partial charge >= 0.3 is 0 Å². The summed E-state index contributed by atoms with van der Waals surface area (Å²) < 4.78 is 24.6. The third-order valence-corrected chi connectivity index (χ3v) is 5.56. The van der Waals surface area contributed by atoms with E-state index in [1.165, 1.54) is 12.1 Å². The number of nitrogens with one attached hydrogen (secondary N) is 1. The van der Waals surface area contributed by atoms with Crippen LogP contribution >= 0.6 is 0 Å². The Kier molecular flexibility index (Phi) is 5.54. The molecule has 2 aromatic heterocycles. The first-order valence-corrected chi connectivity index (χ1v) is 9.91. The van der Waals surface area contributed by atoms with Gasteiger partial charge in [-0.1, -0.05) is 12.1 Å². The summed E-state index contributed by atoms with van der Waals surface area (Å²) >= 11 is 0. The fourth-order valence-electron chi connectivity index (χ4n) is 3.73. The van der Waals surface area contributed by atoms with Crippen molar-refractivity contribution < 1.29 is 18.7 Å². The Bertz CT molecular complexity index is 1110. The first-order chi connectivity index (χ1) is 14.9. The van der Waals surface area contributed by atoms with E-state index < -0.39 is 11.2 Å². The molecule has 2 atom stereocenters. The zero-order valence-corrected chi connectivity index (χ0v) is 17.6. The number of aryl methyl sites for hydroxylation is 2. The maximum Gasteiger partial charge on any atom is 0.229 e. The van der Waals surface area contributed by atoms with Gasteiger partial charge in [-0.15, -0.1) is 0 Å². The van der Waals surface area contributed by atoms with Crippen molar-refractivity contribution in [1.82, 2.24) is 15.0 Å². The number of anilines is 1. The molecule has 1 saturated carbocycles. The molecule has 8 heteroatoms. The van der Waals surface area contributed by atoms with E-state index in [-0.39, 0.29) is 18.4 Å². The first kappa shape index (κ1) is 20.7. The van der Waals surface area contributed by atoms with Crippen molar-refractivity contribution in [3.05, 3.63) is 71.7 Å². The number of aromatic nitrogens is 3. The Morgan fingerprint density at radius 1 is 1.23 bits per heavy atom. The van der Waals surface area contributed by atoms with E-state index in [9.17, 15) is 9.18 Å². The van der Waals surface area contributed by atoms with E-state index in [4.69, 9.17) is 9.47 Å². The zero-order valence-electron chi connectivity index (χ0n) is 17.6. The van der Waals surface area contributed by atoms with Gasteiger partial charge in [-0.3, -0.25) is 4.79 Å². The van der Waals surface area contributed by atoms with Crippen LogP contribution in [0.5, 0.6) is 11.5 Å². The molecule has 4 rings (SSSR count). The van der Waals surface area contributed by atoms with Crippen molar-refractivity contribution in [2.45, 2.75) is 25.7 Å². The van der Waals surface area contributed by atoms with Gasteiger partial charge < -0.3 is 14.8 Å². The van der Waals surface area contributed by atoms with E-state index in [0.29, 0.717) is 29.6 Å². The second kappa shape index (κ2) is 8.29. The summed E-state index contributed by atoms with van der Waals surface area (Å²) in [7, 11) is 1.60. The SMILES string of the molecule is COc1cccc(C2(COc3cnc(C)nc3C)CC2C(=O)Nc2ccc(F)cn2)c1. The first-order valence-electron chi connectivity index (χ1n) is 9.91. The van der Waals surface area contributed by atoms with Crippen molar-refractivity contribution in [1.29, 1.82) is 0 Å². The highest BCUT2D eigenvalue weighted by Gasteiger charge is 2.60. The Labute approximate surface area is 179 Å². The van der Waals surface area contributed by atoms with Crippen LogP contribution in [0.2, 0.25) is 0 Å². The monoisotopic (exact) mass is 422 g/mol.